The molecule has 0 aromatic heterocycles. The van der Waals surface area contributed by atoms with Gasteiger partial charge in [0.1, 0.15) is 0 Å². The highest BCUT2D eigenvalue weighted by Crippen LogP contribution is 2.44. The van der Waals surface area contributed by atoms with Gasteiger partial charge in [0.2, 0.25) is 0 Å². The van der Waals surface area contributed by atoms with Gasteiger partial charge in [-0.2, -0.15) is 0 Å². The normalized spacial score (nSPS) is 21.9. The molecule has 1 N–H and O–H groups in total. The molecule has 1 heterocycles. The minimum Gasteiger partial charge on any atom is -0.307 e. The molecule has 86 valence electrons. The maximum Gasteiger partial charge on any atom is 0.0437 e. The zero-order valence-electron chi connectivity index (χ0n) is 10.3. The molecule has 1 spiro atoms. The summed E-state index contributed by atoms with van der Waals surface area (Å²) in [6, 6.07) is 7.16. The van der Waals surface area contributed by atoms with E-state index in [0.29, 0.717) is 11.5 Å². The van der Waals surface area contributed by atoms with Gasteiger partial charge in [-0.3, -0.25) is 0 Å². The number of hydrogen-bond donors (Lipinski definition) is 1. The van der Waals surface area contributed by atoms with Crippen molar-refractivity contribution in [1.82, 2.24) is 5.32 Å². The molecule has 0 saturated heterocycles. The van der Waals surface area contributed by atoms with Gasteiger partial charge in [0.25, 0.3) is 0 Å². The molecule has 0 radical (unpaired) electrons. The largest absolute Gasteiger partial charge is 0.307 e. The maximum absolute atomic E-state index is 3.74. The van der Waals surface area contributed by atoms with Gasteiger partial charge in [0.05, 0.1) is 0 Å². The van der Waals surface area contributed by atoms with Crippen LogP contribution in [0.4, 0.5) is 0 Å². The molecule has 1 nitrogen and oxygen atoms in total. The van der Waals surface area contributed by atoms with Crippen LogP contribution in [0.2, 0.25) is 0 Å². The molecule has 1 saturated carbocycles. The molecule has 1 aromatic carbocycles. The molecule has 16 heavy (non-hydrogen) atoms. The van der Waals surface area contributed by atoms with Crippen LogP contribution in [-0.4, -0.2) is 6.54 Å². The minimum atomic E-state index is 0.364. The molecule has 1 aromatic rings. The van der Waals surface area contributed by atoms with Crippen LogP contribution in [-0.2, 0) is 12.0 Å². The van der Waals surface area contributed by atoms with E-state index in [4.69, 9.17) is 0 Å². The average molecular weight is 215 g/mol. The van der Waals surface area contributed by atoms with Crippen molar-refractivity contribution in [2.45, 2.75) is 51.0 Å². The lowest BCUT2D eigenvalue weighted by atomic mass is 9.68. The van der Waals surface area contributed by atoms with E-state index in [2.05, 4.69) is 37.4 Å². The second kappa shape index (κ2) is 3.59. The SMILES string of the molecule is CC(C)c1ccc2c(c1)CCNC21CCC1. The summed E-state index contributed by atoms with van der Waals surface area (Å²) in [5.74, 6) is 0.650. The third-order valence-corrected chi connectivity index (χ3v) is 4.38. The molecule has 0 atom stereocenters. The predicted molar refractivity (Wildman–Crippen MR) is 67.8 cm³/mol. The van der Waals surface area contributed by atoms with Crippen molar-refractivity contribution >= 4 is 0 Å². The standard InChI is InChI=1S/C15H21N/c1-11(2)12-4-5-14-13(10-12)6-9-16-15(14)7-3-8-15/h4-5,10-11,16H,3,6-9H2,1-2H3. The number of benzene rings is 1. The Kier molecular flexibility index (Phi) is 2.32. The number of nitrogens with one attached hydrogen (secondary N) is 1. The first-order chi connectivity index (χ1) is 7.71. The van der Waals surface area contributed by atoms with E-state index in [1.165, 1.54) is 31.2 Å². The third kappa shape index (κ3) is 1.41. The van der Waals surface area contributed by atoms with Crippen molar-refractivity contribution < 1.29 is 0 Å². The van der Waals surface area contributed by atoms with Crippen LogP contribution in [0.3, 0.4) is 0 Å². The molecule has 0 amide bonds. The molecule has 3 rings (SSSR count). The smallest absolute Gasteiger partial charge is 0.0437 e. The number of hydrogen-bond acceptors (Lipinski definition) is 1. The lowest BCUT2D eigenvalue weighted by molar-refractivity contribution is 0.176. The van der Waals surface area contributed by atoms with Gasteiger partial charge in [-0.05, 0) is 48.3 Å². The van der Waals surface area contributed by atoms with E-state index in [-0.39, 0.29) is 0 Å². The zero-order chi connectivity index (χ0) is 11.2. The van der Waals surface area contributed by atoms with Crippen LogP contribution >= 0.6 is 0 Å². The summed E-state index contributed by atoms with van der Waals surface area (Å²) in [4.78, 5) is 0. The average Bonchev–Trinajstić information content (AvgIpc) is 2.25. The number of fused-ring (bicyclic) bond motifs is 2. The van der Waals surface area contributed by atoms with E-state index in [9.17, 15) is 0 Å². The molecule has 1 aliphatic heterocycles. The van der Waals surface area contributed by atoms with E-state index < -0.39 is 0 Å². The van der Waals surface area contributed by atoms with Crippen LogP contribution in [0.15, 0.2) is 18.2 Å². The fourth-order valence-corrected chi connectivity index (χ4v) is 3.15. The molecular weight excluding hydrogens is 194 g/mol. The zero-order valence-corrected chi connectivity index (χ0v) is 10.3. The molecule has 0 unspecified atom stereocenters. The summed E-state index contributed by atoms with van der Waals surface area (Å²) < 4.78 is 0. The van der Waals surface area contributed by atoms with Crippen molar-refractivity contribution in [2.24, 2.45) is 0 Å². The van der Waals surface area contributed by atoms with Gasteiger partial charge in [-0.1, -0.05) is 32.0 Å². The molecule has 0 bridgehead atoms. The van der Waals surface area contributed by atoms with Crippen LogP contribution in [0.1, 0.15) is 55.7 Å². The van der Waals surface area contributed by atoms with Crippen LogP contribution in [0.25, 0.3) is 0 Å². The highest BCUT2D eigenvalue weighted by molar-refractivity contribution is 5.41. The topological polar surface area (TPSA) is 12.0 Å². The summed E-state index contributed by atoms with van der Waals surface area (Å²) in [6.45, 7) is 5.72. The molecule has 1 aliphatic carbocycles. The van der Waals surface area contributed by atoms with Gasteiger partial charge < -0.3 is 5.32 Å². The monoisotopic (exact) mass is 215 g/mol. The Morgan fingerprint density at radius 2 is 2.06 bits per heavy atom. The van der Waals surface area contributed by atoms with Gasteiger partial charge in [-0.15, -0.1) is 0 Å². The predicted octanol–water partition coefficient (Wildman–Crippen LogP) is 3.33. The summed E-state index contributed by atoms with van der Waals surface area (Å²) in [6.07, 6.45) is 5.26. The summed E-state index contributed by atoms with van der Waals surface area (Å²) >= 11 is 0. The van der Waals surface area contributed by atoms with Gasteiger partial charge in [-0.25, -0.2) is 0 Å². The maximum atomic E-state index is 3.74. The Bertz CT molecular complexity index is 402. The minimum absolute atomic E-state index is 0.364. The van der Waals surface area contributed by atoms with Gasteiger partial charge in [0, 0.05) is 12.1 Å². The Morgan fingerprint density at radius 3 is 2.69 bits per heavy atom. The van der Waals surface area contributed by atoms with E-state index >= 15 is 0 Å². The lowest BCUT2D eigenvalue weighted by Gasteiger charge is -2.47. The van der Waals surface area contributed by atoms with Crippen molar-refractivity contribution in [3.63, 3.8) is 0 Å². The van der Waals surface area contributed by atoms with Crippen LogP contribution < -0.4 is 5.32 Å². The fourth-order valence-electron chi connectivity index (χ4n) is 3.15. The summed E-state index contributed by atoms with van der Waals surface area (Å²) in [7, 11) is 0. The van der Waals surface area contributed by atoms with E-state index in [1.807, 2.05) is 0 Å². The Balaban J connectivity index is 2.03. The summed E-state index contributed by atoms with van der Waals surface area (Å²) in [5.41, 5.74) is 5.05. The highest BCUT2D eigenvalue weighted by Gasteiger charge is 2.41. The van der Waals surface area contributed by atoms with Crippen molar-refractivity contribution in [2.75, 3.05) is 6.54 Å². The van der Waals surface area contributed by atoms with Gasteiger partial charge >= 0.3 is 0 Å². The Morgan fingerprint density at radius 1 is 1.25 bits per heavy atom. The second-order valence-corrected chi connectivity index (χ2v) is 5.68. The van der Waals surface area contributed by atoms with Crippen LogP contribution in [0, 0.1) is 0 Å². The third-order valence-electron chi connectivity index (χ3n) is 4.38. The van der Waals surface area contributed by atoms with Crippen molar-refractivity contribution in [1.29, 1.82) is 0 Å². The summed E-state index contributed by atoms with van der Waals surface area (Å²) in [5, 5.41) is 3.74. The first-order valence-corrected chi connectivity index (χ1v) is 6.60. The Hall–Kier alpha value is -0.820. The molecule has 1 heteroatoms. The van der Waals surface area contributed by atoms with Crippen molar-refractivity contribution in [3.8, 4) is 0 Å². The van der Waals surface area contributed by atoms with Crippen LogP contribution in [0.5, 0.6) is 0 Å². The quantitative estimate of drug-likeness (QED) is 0.757. The first-order valence-electron chi connectivity index (χ1n) is 6.60. The molecule has 1 fully saturated rings. The van der Waals surface area contributed by atoms with E-state index in [1.54, 1.807) is 11.1 Å². The molecular formula is C15H21N. The first kappa shape index (κ1) is 10.3. The Labute approximate surface area is 98.3 Å². The fraction of sp³-hybridized carbons (Fsp3) is 0.600. The van der Waals surface area contributed by atoms with E-state index in [0.717, 1.165) is 6.54 Å². The lowest BCUT2D eigenvalue weighted by Crippen LogP contribution is -2.52. The van der Waals surface area contributed by atoms with Crippen molar-refractivity contribution in [3.05, 3.63) is 34.9 Å². The molecule has 2 aliphatic rings. The highest BCUT2D eigenvalue weighted by atomic mass is 15.0. The second-order valence-electron chi connectivity index (χ2n) is 5.68. The van der Waals surface area contributed by atoms with Gasteiger partial charge in [0.15, 0.2) is 0 Å². The number of rotatable bonds is 1.